The fraction of sp³-hybridized carbons (Fsp3) is 0.600. The maximum absolute atomic E-state index is 3.59. The van der Waals surface area contributed by atoms with E-state index in [1.807, 2.05) is 0 Å². The highest BCUT2D eigenvalue weighted by Gasteiger charge is 2.29. The molecule has 0 bridgehead atoms. The lowest BCUT2D eigenvalue weighted by molar-refractivity contribution is 0.292. The summed E-state index contributed by atoms with van der Waals surface area (Å²) in [5, 5.41) is 3.59. The zero-order chi connectivity index (χ0) is 11.4. The molecular weight excluding hydrogens is 194 g/mol. The number of nitrogens with one attached hydrogen (secondary N) is 1. The minimum absolute atomic E-state index is 0.774. The van der Waals surface area contributed by atoms with Crippen molar-refractivity contribution in [2.45, 2.75) is 51.5 Å². The third kappa shape index (κ3) is 2.65. The second-order valence-electron chi connectivity index (χ2n) is 4.91. The number of rotatable bonds is 5. The van der Waals surface area contributed by atoms with E-state index in [1.54, 1.807) is 0 Å². The first-order chi connectivity index (χ1) is 7.83. The molecule has 0 amide bonds. The molecule has 0 spiro atoms. The third-order valence-electron chi connectivity index (χ3n) is 3.68. The Morgan fingerprint density at radius 2 is 1.81 bits per heavy atom. The van der Waals surface area contributed by atoms with Gasteiger partial charge in [-0.2, -0.15) is 0 Å². The zero-order valence-electron chi connectivity index (χ0n) is 10.5. The van der Waals surface area contributed by atoms with E-state index in [-0.39, 0.29) is 0 Å². The van der Waals surface area contributed by atoms with Gasteiger partial charge in [0.1, 0.15) is 0 Å². The average molecular weight is 217 g/mol. The molecule has 0 heterocycles. The monoisotopic (exact) mass is 217 g/mol. The van der Waals surface area contributed by atoms with Crippen LogP contribution in [0.1, 0.15) is 50.2 Å². The molecule has 0 aromatic heterocycles. The van der Waals surface area contributed by atoms with Crippen LogP contribution in [0.2, 0.25) is 0 Å². The summed E-state index contributed by atoms with van der Waals surface area (Å²) >= 11 is 0. The van der Waals surface area contributed by atoms with Crippen molar-refractivity contribution < 1.29 is 0 Å². The second kappa shape index (κ2) is 5.49. The molecule has 1 saturated carbocycles. The van der Waals surface area contributed by atoms with Gasteiger partial charge in [0, 0.05) is 6.04 Å². The van der Waals surface area contributed by atoms with Crippen molar-refractivity contribution in [3.05, 3.63) is 35.4 Å². The molecule has 0 radical (unpaired) electrons. The van der Waals surface area contributed by atoms with Gasteiger partial charge in [0.2, 0.25) is 0 Å². The van der Waals surface area contributed by atoms with Crippen LogP contribution in [0.25, 0.3) is 0 Å². The van der Waals surface area contributed by atoms with Gasteiger partial charge in [0.25, 0.3) is 0 Å². The molecule has 1 nitrogen and oxygen atoms in total. The molecule has 0 atom stereocenters. The Morgan fingerprint density at radius 1 is 1.12 bits per heavy atom. The summed E-state index contributed by atoms with van der Waals surface area (Å²) in [6, 6.07) is 9.97. The molecule has 1 aromatic carbocycles. The Morgan fingerprint density at radius 3 is 2.38 bits per heavy atom. The highest BCUT2D eigenvalue weighted by atomic mass is 14.9. The van der Waals surface area contributed by atoms with E-state index in [0.717, 1.165) is 18.4 Å². The van der Waals surface area contributed by atoms with Crippen LogP contribution < -0.4 is 5.32 Å². The summed E-state index contributed by atoms with van der Waals surface area (Å²) in [5.74, 6) is 0.806. The molecule has 0 saturated heterocycles. The fourth-order valence-corrected chi connectivity index (χ4v) is 2.43. The maximum Gasteiger partial charge on any atom is 0.00787 e. The van der Waals surface area contributed by atoms with Crippen molar-refractivity contribution in [3.63, 3.8) is 0 Å². The molecule has 16 heavy (non-hydrogen) atoms. The number of hydrogen-bond acceptors (Lipinski definition) is 1. The fourth-order valence-electron chi connectivity index (χ4n) is 2.43. The van der Waals surface area contributed by atoms with Gasteiger partial charge < -0.3 is 5.32 Å². The Hall–Kier alpha value is -0.820. The number of hydrogen-bond donors (Lipinski definition) is 1. The van der Waals surface area contributed by atoms with Crippen LogP contribution in [0.3, 0.4) is 0 Å². The SMILES string of the molecule is CCCNC1CC(c2ccc(CC)cc2)C1. The summed E-state index contributed by atoms with van der Waals surface area (Å²) in [6.45, 7) is 5.61. The molecule has 88 valence electrons. The Bertz CT molecular complexity index is 309. The summed E-state index contributed by atoms with van der Waals surface area (Å²) in [6.07, 6.45) is 5.04. The average Bonchev–Trinajstić information content (AvgIpc) is 2.28. The molecule has 2 rings (SSSR count). The molecule has 1 fully saturated rings. The van der Waals surface area contributed by atoms with Gasteiger partial charge in [-0.3, -0.25) is 0 Å². The Labute approximate surface area is 99.3 Å². The first kappa shape index (κ1) is 11.7. The lowest BCUT2D eigenvalue weighted by Gasteiger charge is -2.36. The third-order valence-corrected chi connectivity index (χ3v) is 3.68. The minimum Gasteiger partial charge on any atom is -0.314 e. The maximum atomic E-state index is 3.59. The van der Waals surface area contributed by atoms with Gasteiger partial charge in [-0.15, -0.1) is 0 Å². The summed E-state index contributed by atoms with van der Waals surface area (Å²) in [4.78, 5) is 0. The van der Waals surface area contributed by atoms with E-state index < -0.39 is 0 Å². The van der Waals surface area contributed by atoms with Gasteiger partial charge >= 0.3 is 0 Å². The van der Waals surface area contributed by atoms with E-state index >= 15 is 0 Å². The van der Waals surface area contributed by atoms with E-state index in [4.69, 9.17) is 0 Å². The predicted molar refractivity (Wildman–Crippen MR) is 69.9 cm³/mol. The molecule has 1 aliphatic rings. The molecule has 1 N–H and O–H groups in total. The van der Waals surface area contributed by atoms with Crippen molar-refractivity contribution in [1.29, 1.82) is 0 Å². The summed E-state index contributed by atoms with van der Waals surface area (Å²) < 4.78 is 0. The topological polar surface area (TPSA) is 12.0 Å². The smallest absolute Gasteiger partial charge is 0.00787 e. The quantitative estimate of drug-likeness (QED) is 0.796. The molecule has 0 aliphatic heterocycles. The molecule has 0 unspecified atom stereocenters. The standard InChI is InChI=1S/C15H23N/c1-3-9-16-15-10-14(11-15)13-7-5-12(4-2)6-8-13/h5-8,14-16H,3-4,9-11H2,1-2H3. The van der Waals surface area contributed by atoms with Crippen LogP contribution in [0, 0.1) is 0 Å². The van der Waals surface area contributed by atoms with Crippen molar-refractivity contribution in [2.24, 2.45) is 0 Å². The Balaban J connectivity index is 1.82. The number of aryl methyl sites for hydroxylation is 1. The van der Waals surface area contributed by atoms with Gasteiger partial charge in [0.15, 0.2) is 0 Å². The molecule has 1 heteroatoms. The van der Waals surface area contributed by atoms with E-state index in [0.29, 0.717) is 0 Å². The summed E-state index contributed by atoms with van der Waals surface area (Å²) in [5.41, 5.74) is 2.98. The highest BCUT2D eigenvalue weighted by molar-refractivity contribution is 5.27. The van der Waals surface area contributed by atoms with Gasteiger partial charge in [-0.05, 0) is 49.3 Å². The van der Waals surface area contributed by atoms with Crippen molar-refractivity contribution in [2.75, 3.05) is 6.54 Å². The van der Waals surface area contributed by atoms with Gasteiger partial charge in [-0.1, -0.05) is 38.1 Å². The van der Waals surface area contributed by atoms with E-state index in [9.17, 15) is 0 Å². The van der Waals surface area contributed by atoms with E-state index in [2.05, 4.69) is 43.4 Å². The van der Waals surface area contributed by atoms with Crippen molar-refractivity contribution in [1.82, 2.24) is 5.32 Å². The lowest BCUT2D eigenvalue weighted by Crippen LogP contribution is -2.40. The normalized spacial score (nSPS) is 24.1. The van der Waals surface area contributed by atoms with Gasteiger partial charge in [-0.25, -0.2) is 0 Å². The minimum atomic E-state index is 0.774. The predicted octanol–water partition coefficient (Wildman–Crippen LogP) is 3.49. The largest absolute Gasteiger partial charge is 0.314 e. The first-order valence-corrected chi connectivity index (χ1v) is 6.65. The zero-order valence-corrected chi connectivity index (χ0v) is 10.5. The second-order valence-corrected chi connectivity index (χ2v) is 4.91. The van der Waals surface area contributed by atoms with E-state index in [1.165, 1.54) is 36.9 Å². The van der Waals surface area contributed by atoms with Crippen LogP contribution >= 0.6 is 0 Å². The first-order valence-electron chi connectivity index (χ1n) is 6.65. The molecule has 1 aromatic rings. The molecular formula is C15H23N. The summed E-state index contributed by atoms with van der Waals surface area (Å²) in [7, 11) is 0. The van der Waals surface area contributed by atoms with Crippen molar-refractivity contribution >= 4 is 0 Å². The lowest BCUT2D eigenvalue weighted by atomic mass is 9.75. The van der Waals surface area contributed by atoms with Crippen LogP contribution in [0.5, 0.6) is 0 Å². The van der Waals surface area contributed by atoms with Crippen molar-refractivity contribution in [3.8, 4) is 0 Å². The van der Waals surface area contributed by atoms with Crippen LogP contribution in [-0.4, -0.2) is 12.6 Å². The van der Waals surface area contributed by atoms with Crippen LogP contribution in [-0.2, 0) is 6.42 Å². The number of benzene rings is 1. The van der Waals surface area contributed by atoms with Crippen LogP contribution in [0.4, 0.5) is 0 Å². The highest BCUT2D eigenvalue weighted by Crippen LogP contribution is 2.36. The van der Waals surface area contributed by atoms with Gasteiger partial charge in [0.05, 0.1) is 0 Å². The van der Waals surface area contributed by atoms with Crippen LogP contribution in [0.15, 0.2) is 24.3 Å². The Kier molecular flexibility index (Phi) is 4.00. The molecule has 1 aliphatic carbocycles.